The quantitative estimate of drug-likeness (QED) is 0.0737. The topological polar surface area (TPSA) is 200 Å². The van der Waals surface area contributed by atoms with Gasteiger partial charge < -0.3 is 36.2 Å². The number of sulfone groups is 2. The number of hydrogen-bond donors (Lipinski definition) is 6. The van der Waals surface area contributed by atoms with E-state index in [9.17, 15) is 54.2 Å². The van der Waals surface area contributed by atoms with Gasteiger partial charge in [0, 0.05) is 53.2 Å². The summed E-state index contributed by atoms with van der Waals surface area (Å²) in [5.41, 5.74) is 0.958. The minimum Gasteiger partial charge on any atom is -0.444 e. The fraction of sp³-hybridized carbons (Fsp3) is 0.422. The first-order valence-corrected chi connectivity index (χ1v) is 25.7. The highest BCUT2D eigenvalue weighted by atomic mass is 79.9. The van der Waals surface area contributed by atoms with E-state index in [1.54, 1.807) is 57.2 Å². The van der Waals surface area contributed by atoms with Gasteiger partial charge in [-0.2, -0.15) is 0 Å². The zero-order valence-electron chi connectivity index (χ0n) is 36.4. The first-order chi connectivity index (χ1) is 30.8. The van der Waals surface area contributed by atoms with Crippen LogP contribution in [-0.4, -0.2) is 93.5 Å². The number of carbonyl (C=O) groups is 2. The van der Waals surface area contributed by atoms with Gasteiger partial charge in [-0.3, -0.25) is 4.79 Å². The van der Waals surface area contributed by atoms with E-state index in [1.165, 1.54) is 6.92 Å². The minimum absolute atomic E-state index is 0.0189. The van der Waals surface area contributed by atoms with Gasteiger partial charge in [0.05, 0.1) is 45.6 Å². The summed E-state index contributed by atoms with van der Waals surface area (Å²) in [4.78, 5) is 24.5. The van der Waals surface area contributed by atoms with E-state index in [2.05, 4.69) is 53.1 Å². The second-order valence-corrected chi connectivity index (χ2v) is 23.1. The molecule has 0 spiro atoms. The van der Waals surface area contributed by atoms with Crippen LogP contribution in [0.4, 0.5) is 22.4 Å². The molecule has 4 aromatic carbocycles. The Hall–Kier alpha value is -3.96. The minimum atomic E-state index is -3.40. The normalized spacial score (nSPS) is 19.1. The molecule has 0 fully saturated rings. The van der Waals surface area contributed by atoms with Gasteiger partial charge in [0.25, 0.3) is 0 Å². The van der Waals surface area contributed by atoms with E-state index in [4.69, 9.17) is 4.74 Å². The van der Waals surface area contributed by atoms with Crippen LogP contribution >= 0.6 is 31.9 Å². The molecule has 0 saturated carbocycles. The molecule has 2 heterocycles. The number of hydrogen-bond acceptors (Lipinski definition) is 11. The maximum absolute atomic E-state index is 13.7. The number of aliphatic hydroxyl groups is 2. The number of fused-ring (bicyclic) bond motifs is 2. The Balaban J connectivity index is 0.000000249. The molecular weight excluding hydrogens is 1040 g/mol. The van der Waals surface area contributed by atoms with Crippen LogP contribution in [0.5, 0.6) is 0 Å². The fourth-order valence-electron chi connectivity index (χ4n) is 7.71. The van der Waals surface area contributed by atoms with Crippen molar-refractivity contribution in [1.82, 2.24) is 21.3 Å². The summed E-state index contributed by atoms with van der Waals surface area (Å²) < 4.78 is 111. The summed E-state index contributed by atoms with van der Waals surface area (Å²) in [7, 11) is -6.76. The van der Waals surface area contributed by atoms with E-state index < -0.39 is 78.9 Å². The molecule has 6 N–H and O–H groups in total. The molecule has 21 heteroatoms. The third kappa shape index (κ3) is 15.3. The second-order valence-electron chi connectivity index (χ2n) is 17.2. The molecule has 0 radical (unpaired) electrons. The smallest absolute Gasteiger partial charge is 0.407 e. The SMILES string of the molecule is CC(=O)NC(Cc1cc(F)cc(F)c1)C(O)CNC1CCS(=O)(=O)c2ccc(Br)cc21.CC(C)(C)OC(=O)NC(Cc1cc(F)cc(F)c1)C(O)CNC1CCS(=O)(=O)c2ccc(Br)cc21. The van der Waals surface area contributed by atoms with E-state index in [-0.39, 0.29) is 70.8 Å². The Bertz CT molecular complexity index is 2580. The van der Waals surface area contributed by atoms with Crippen LogP contribution in [0.15, 0.2) is 91.5 Å². The molecule has 2 aliphatic heterocycles. The lowest BCUT2D eigenvalue weighted by Crippen LogP contribution is -2.50. The van der Waals surface area contributed by atoms with Crippen LogP contribution in [-0.2, 0) is 42.0 Å². The highest BCUT2D eigenvalue weighted by Crippen LogP contribution is 2.35. The fourth-order valence-corrected chi connectivity index (χ4v) is 11.7. The third-order valence-electron chi connectivity index (χ3n) is 10.6. The maximum Gasteiger partial charge on any atom is 0.407 e. The lowest BCUT2D eigenvalue weighted by atomic mass is 9.99. The van der Waals surface area contributed by atoms with Crippen molar-refractivity contribution in [2.75, 3.05) is 24.6 Å². The number of rotatable bonds is 14. The lowest BCUT2D eigenvalue weighted by Gasteiger charge is -2.30. The predicted octanol–water partition coefficient (Wildman–Crippen LogP) is 6.68. The van der Waals surface area contributed by atoms with Gasteiger partial charge in [-0.25, -0.2) is 39.2 Å². The highest BCUT2D eigenvalue weighted by Gasteiger charge is 2.34. The molecule has 4 aromatic rings. The first-order valence-electron chi connectivity index (χ1n) is 20.8. The monoisotopic (exact) mass is 1090 g/mol. The summed E-state index contributed by atoms with van der Waals surface area (Å²) in [6.07, 6.45) is -2.43. The molecule has 360 valence electrons. The summed E-state index contributed by atoms with van der Waals surface area (Å²) in [5.74, 6) is -3.48. The number of nitrogens with one attached hydrogen (secondary N) is 4. The molecule has 6 atom stereocenters. The van der Waals surface area contributed by atoms with Gasteiger partial charge in [0.2, 0.25) is 5.91 Å². The van der Waals surface area contributed by atoms with Gasteiger partial charge in [0.15, 0.2) is 19.7 Å². The lowest BCUT2D eigenvalue weighted by molar-refractivity contribution is -0.120. The second kappa shape index (κ2) is 22.4. The number of aliphatic hydroxyl groups excluding tert-OH is 2. The van der Waals surface area contributed by atoms with Crippen molar-refractivity contribution >= 4 is 63.5 Å². The van der Waals surface area contributed by atoms with Crippen LogP contribution in [0, 0.1) is 23.3 Å². The number of amides is 2. The Morgan fingerprint density at radius 2 is 1.05 bits per heavy atom. The van der Waals surface area contributed by atoms with Crippen LogP contribution in [0.3, 0.4) is 0 Å². The Kier molecular flexibility index (Phi) is 18.0. The van der Waals surface area contributed by atoms with Gasteiger partial charge in [0.1, 0.15) is 28.9 Å². The van der Waals surface area contributed by atoms with Crippen LogP contribution < -0.4 is 21.3 Å². The van der Waals surface area contributed by atoms with E-state index in [1.807, 2.05) is 0 Å². The molecule has 2 amide bonds. The zero-order chi connectivity index (χ0) is 48.7. The molecule has 66 heavy (non-hydrogen) atoms. The molecule has 0 bridgehead atoms. The van der Waals surface area contributed by atoms with E-state index in [0.717, 1.165) is 45.3 Å². The van der Waals surface area contributed by atoms with Crippen molar-refractivity contribution in [1.29, 1.82) is 0 Å². The van der Waals surface area contributed by atoms with Gasteiger partial charge in [-0.05, 0) is 129 Å². The Morgan fingerprint density at radius 1 is 0.667 bits per heavy atom. The number of benzene rings is 4. The van der Waals surface area contributed by atoms with Gasteiger partial charge in [-0.15, -0.1) is 0 Å². The average Bonchev–Trinajstić information content (AvgIpc) is 3.18. The molecule has 6 rings (SSSR count). The van der Waals surface area contributed by atoms with Crippen LogP contribution in [0.2, 0.25) is 0 Å². The first kappa shape index (κ1) is 53.0. The predicted molar refractivity (Wildman–Crippen MR) is 246 cm³/mol. The van der Waals surface area contributed by atoms with Gasteiger partial charge >= 0.3 is 6.09 Å². The van der Waals surface area contributed by atoms with Crippen molar-refractivity contribution in [2.24, 2.45) is 0 Å². The Morgan fingerprint density at radius 3 is 1.41 bits per heavy atom. The molecule has 6 unspecified atom stereocenters. The Labute approximate surface area is 398 Å². The van der Waals surface area contributed by atoms with Crippen molar-refractivity contribution in [3.63, 3.8) is 0 Å². The number of carbonyl (C=O) groups excluding carboxylic acids is 2. The van der Waals surface area contributed by atoms with Crippen molar-refractivity contribution in [2.45, 2.75) is 105 Å². The zero-order valence-corrected chi connectivity index (χ0v) is 41.2. The maximum atomic E-state index is 13.7. The molecule has 0 saturated heterocycles. The molecule has 0 aliphatic carbocycles. The van der Waals surface area contributed by atoms with Gasteiger partial charge in [-0.1, -0.05) is 31.9 Å². The average molecular weight is 1090 g/mol. The van der Waals surface area contributed by atoms with Crippen LogP contribution in [0.1, 0.15) is 74.9 Å². The largest absolute Gasteiger partial charge is 0.444 e. The number of halogens is 6. The summed E-state index contributed by atoms with van der Waals surface area (Å²) >= 11 is 6.72. The summed E-state index contributed by atoms with van der Waals surface area (Å²) in [6.45, 7) is 6.38. The molecular formula is C45H52Br2F4N4O9S2. The standard InChI is InChI=1S/C24H29BrF2N2O5S.C21H23BrF2N2O4S/c1-24(2,3)34-23(31)29-20(10-14-8-16(26)12-17(27)9-14)21(30)13-28-19-6-7-35(32,33)22-5-4-15(25)11-18(19)22;1-12(27)26-19(8-13-6-15(23)10-16(24)7-13)20(28)11-25-18-4-5-31(29,30)21-3-2-14(22)9-17(18)21/h4-5,8-9,11-12,19-21,28,30H,6-7,10,13H2,1-3H3,(H,29,31);2-3,6-7,9-10,18-20,25,28H,4-5,8,11H2,1H3,(H,26,27). The summed E-state index contributed by atoms with van der Waals surface area (Å²) in [5, 5.41) is 33.2. The molecule has 2 aliphatic rings. The molecule has 0 aromatic heterocycles. The van der Waals surface area contributed by atoms with Crippen molar-refractivity contribution < 1.29 is 58.9 Å². The van der Waals surface area contributed by atoms with Crippen molar-refractivity contribution in [3.05, 3.63) is 127 Å². The van der Waals surface area contributed by atoms with E-state index >= 15 is 0 Å². The highest BCUT2D eigenvalue weighted by molar-refractivity contribution is 9.10. The summed E-state index contributed by atoms with van der Waals surface area (Å²) in [6, 6.07) is 13.5. The van der Waals surface area contributed by atoms with Crippen molar-refractivity contribution in [3.8, 4) is 0 Å². The van der Waals surface area contributed by atoms with Crippen LogP contribution in [0.25, 0.3) is 0 Å². The van der Waals surface area contributed by atoms with E-state index in [0.29, 0.717) is 29.5 Å². The third-order valence-corrected chi connectivity index (χ3v) is 15.3. The number of alkyl carbamates (subject to hydrolysis) is 1. The number of ether oxygens (including phenoxy) is 1. The molecule has 13 nitrogen and oxygen atoms in total.